The Morgan fingerprint density at radius 3 is 2.77 bits per heavy atom. The van der Waals surface area contributed by atoms with E-state index in [-0.39, 0.29) is 12.1 Å². The zero-order chi connectivity index (χ0) is 19.1. The molecule has 2 amide bonds. The number of carbonyl (C=O) groups excluding carboxylic acids is 1. The van der Waals surface area contributed by atoms with Gasteiger partial charge in [0.05, 0.1) is 6.04 Å². The molecule has 7 heteroatoms. The second kappa shape index (κ2) is 9.03. The molecule has 0 unspecified atom stereocenters. The van der Waals surface area contributed by atoms with Crippen LogP contribution in [0.25, 0.3) is 0 Å². The predicted molar refractivity (Wildman–Crippen MR) is 102 cm³/mol. The molecule has 0 bridgehead atoms. The molecule has 140 valence electrons. The molecule has 26 heavy (non-hydrogen) atoms. The van der Waals surface area contributed by atoms with Crippen LogP contribution in [0.4, 0.5) is 10.5 Å². The Balaban J connectivity index is 2.02. The summed E-state index contributed by atoms with van der Waals surface area (Å²) in [6, 6.07) is 6.75. The van der Waals surface area contributed by atoms with Crippen LogP contribution in [-0.4, -0.2) is 27.4 Å². The third-order valence-corrected chi connectivity index (χ3v) is 3.65. The summed E-state index contributed by atoms with van der Waals surface area (Å²) >= 11 is 0. The molecule has 0 spiro atoms. The van der Waals surface area contributed by atoms with Crippen molar-refractivity contribution >= 4 is 11.7 Å². The van der Waals surface area contributed by atoms with Crippen molar-refractivity contribution < 1.29 is 9.53 Å². The van der Waals surface area contributed by atoms with Gasteiger partial charge in [-0.25, -0.2) is 9.78 Å². The molecule has 2 aromatic rings. The first-order valence-electron chi connectivity index (χ1n) is 8.63. The normalized spacial score (nSPS) is 11.9. The van der Waals surface area contributed by atoms with E-state index in [9.17, 15) is 4.79 Å². The number of nitrogens with zero attached hydrogens (tertiary/aromatic N) is 3. The molecule has 0 aliphatic rings. The number of ether oxygens (including phenoxy) is 1. The Labute approximate surface area is 154 Å². The maximum absolute atomic E-state index is 12.5. The number of benzene rings is 1. The summed E-state index contributed by atoms with van der Waals surface area (Å²) in [5.41, 5.74) is 1.59. The molecular weight excluding hydrogens is 330 g/mol. The number of rotatable bonds is 8. The SMILES string of the molecule is C=C(C)COc1cccc(NC(=O)N[C@@H](CC(C)C)c2ncnn2C)c1. The molecule has 0 radical (unpaired) electrons. The lowest BCUT2D eigenvalue weighted by Crippen LogP contribution is -2.34. The van der Waals surface area contributed by atoms with E-state index in [2.05, 4.69) is 41.1 Å². The molecule has 0 saturated heterocycles. The number of nitrogens with one attached hydrogen (secondary N) is 2. The number of aromatic nitrogens is 3. The number of anilines is 1. The highest BCUT2D eigenvalue weighted by atomic mass is 16.5. The topological polar surface area (TPSA) is 81.1 Å². The molecular formula is C19H27N5O2. The quantitative estimate of drug-likeness (QED) is 0.706. The van der Waals surface area contributed by atoms with Crippen molar-refractivity contribution in [2.75, 3.05) is 11.9 Å². The van der Waals surface area contributed by atoms with Crippen molar-refractivity contribution in [2.45, 2.75) is 33.2 Å². The summed E-state index contributed by atoms with van der Waals surface area (Å²) in [5.74, 6) is 1.81. The van der Waals surface area contributed by atoms with Crippen LogP contribution in [0.15, 0.2) is 42.7 Å². The smallest absolute Gasteiger partial charge is 0.319 e. The summed E-state index contributed by atoms with van der Waals surface area (Å²) in [6.07, 6.45) is 2.26. The second-order valence-corrected chi connectivity index (χ2v) is 6.80. The van der Waals surface area contributed by atoms with Gasteiger partial charge < -0.3 is 15.4 Å². The van der Waals surface area contributed by atoms with Crippen molar-refractivity contribution in [1.29, 1.82) is 0 Å². The second-order valence-electron chi connectivity index (χ2n) is 6.80. The van der Waals surface area contributed by atoms with Gasteiger partial charge in [-0.05, 0) is 37.0 Å². The minimum absolute atomic E-state index is 0.217. The highest BCUT2D eigenvalue weighted by Crippen LogP contribution is 2.20. The van der Waals surface area contributed by atoms with Gasteiger partial charge in [0.1, 0.15) is 24.5 Å². The molecule has 1 aromatic carbocycles. The molecule has 0 fully saturated rings. The average molecular weight is 357 g/mol. The predicted octanol–water partition coefficient (Wildman–Crippen LogP) is 3.68. The van der Waals surface area contributed by atoms with Crippen LogP contribution >= 0.6 is 0 Å². The minimum atomic E-state index is -0.296. The van der Waals surface area contributed by atoms with E-state index >= 15 is 0 Å². The van der Waals surface area contributed by atoms with Gasteiger partial charge in [0.15, 0.2) is 0 Å². The van der Waals surface area contributed by atoms with Gasteiger partial charge >= 0.3 is 6.03 Å². The number of urea groups is 1. The molecule has 0 aliphatic heterocycles. The van der Waals surface area contributed by atoms with Gasteiger partial charge in [-0.1, -0.05) is 26.5 Å². The summed E-state index contributed by atoms with van der Waals surface area (Å²) < 4.78 is 7.29. The van der Waals surface area contributed by atoms with Gasteiger partial charge in [-0.3, -0.25) is 4.68 Å². The van der Waals surface area contributed by atoms with E-state index < -0.39 is 0 Å². The third kappa shape index (κ3) is 5.91. The largest absolute Gasteiger partial charge is 0.489 e. The van der Waals surface area contributed by atoms with Crippen LogP contribution in [0.2, 0.25) is 0 Å². The monoisotopic (exact) mass is 357 g/mol. The van der Waals surface area contributed by atoms with Crippen LogP contribution in [0, 0.1) is 5.92 Å². The van der Waals surface area contributed by atoms with Crippen LogP contribution in [0.5, 0.6) is 5.75 Å². The van der Waals surface area contributed by atoms with Gasteiger partial charge in [-0.2, -0.15) is 5.10 Å². The lowest BCUT2D eigenvalue weighted by atomic mass is 10.0. The first-order valence-corrected chi connectivity index (χ1v) is 8.63. The third-order valence-electron chi connectivity index (χ3n) is 3.65. The van der Waals surface area contributed by atoms with Crippen LogP contribution in [0.1, 0.15) is 39.1 Å². The summed E-state index contributed by atoms with van der Waals surface area (Å²) in [6.45, 7) is 10.4. The molecule has 1 heterocycles. The van der Waals surface area contributed by atoms with Crippen molar-refractivity contribution in [2.24, 2.45) is 13.0 Å². The molecule has 2 N–H and O–H groups in total. The van der Waals surface area contributed by atoms with Crippen LogP contribution < -0.4 is 15.4 Å². The highest BCUT2D eigenvalue weighted by Gasteiger charge is 2.20. The summed E-state index contributed by atoms with van der Waals surface area (Å²) in [7, 11) is 1.82. The number of hydrogen-bond donors (Lipinski definition) is 2. The number of carbonyl (C=O) groups is 1. The van der Waals surface area contributed by atoms with Crippen molar-refractivity contribution in [3.05, 3.63) is 48.6 Å². The van der Waals surface area contributed by atoms with Gasteiger partial charge in [-0.15, -0.1) is 0 Å². The first-order chi connectivity index (χ1) is 12.3. The maximum Gasteiger partial charge on any atom is 0.319 e. The molecule has 1 aromatic heterocycles. The standard InChI is InChI=1S/C19H27N5O2/c1-13(2)9-17(18-20-12-21-24(18)5)23-19(25)22-15-7-6-8-16(10-15)26-11-14(3)4/h6-8,10,12-13,17H,3,9,11H2,1-2,4-5H3,(H2,22,23,25)/t17-/m0/s1. The average Bonchev–Trinajstić information content (AvgIpc) is 2.98. The number of hydrogen-bond acceptors (Lipinski definition) is 4. The zero-order valence-electron chi connectivity index (χ0n) is 15.8. The van der Waals surface area contributed by atoms with E-state index in [1.54, 1.807) is 10.7 Å². The Bertz CT molecular complexity index is 754. The Kier molecular flexibility index (Phi) is 6.77. The Morgan fingerprint density at radius 2 is 2.15 bits per heavy atom. The molecule has 0 aliphatic carbocycles. The van der Waals surface area contributed by atoms with E-state index in [4.69, 9.17) is 4.74 Å². The van der Waals surface area contributed by atoms with Crippen molar-refractivity contribution in [1.82, 2.24) is 20.1 Å². The van der Waals surface area contributed by atoms with E-state index in [0.717, 1.165) is 17.8 Å². The Morgan fingerprint density at radius 1 is 1.38 bits per heavy atom. The van der Waals surface area contributed by atoms with Gasteiger partial charge in [0.2, 0.25) is 0 Å². The Hall–Kier alpha value is -2.83. The van der Waals surface area contributed by atoms with Crippen LogP contribution in [-0.2, 0) is 7.05 Å². The molecule has 0 saturated carbocycles. The summed E-state index contributed by atoms with van der Waals surface area (Å²) in [4.78, 5) is 16.7. The highest BCUT2D eigenvalue weighted by molar-refractivity contribution is 5.89. The van der Waals surface area contributed by atoms with E-state index in [0.29, 0.717) is 24.0 Å². The molecule has 1 atom stereocenters. The van der Waals surface area contributed by atoms with Crippen molar-refractivity contribution in [3.63, 3.8) is 0 Å². The zero-order valence-corrected chi connectivity index (χ0v) is 15.8. The fourth-order valence-corrected chi connectivity index (χ4v) is 2.52. The minimum Gasteiger partial charge on any atom is -0.489 e. The summed E-state index contributed by atoms with van der Waals surface area (Å²) in [5, 5.41) is 9.92. The van der Waals surface area contributed by atoms with Crippen molar-refractivity contribution in [3.8, 4) is 5.75 Å². The van der Waals surface area contributed by atoms with Gasteiger partial charge in [0, 0.05) is 18.8 Å². The lowest BCUT2D eigenvalue weighted by molar-refractivity contribution is 0.245. The number of aryl methyl sites for hydroxylation is 1. The lowest BCUT2D eigenvalue weighted by Gasteiger charge is -2.20. The number of amides is 2. The molecule has 2 rings (SSSR count). The van der Waals surface area contributed by atoms with Gasteiger partial charge in [0.25, 0.3) is 0 Å². The fraction of sp³-hybridized carbons (Fsp3) is 0.421. The first kappa shape index (κ1) is 19.5. The fourth-order valence-electron chi connectivity index (χ4n) is 2.52. The molecule has 7 nitrogen and oxygen atoms in total. The van der Waals surface area contributed by atoms with E-state index in [1.165, 1.54) is 6.33 Å². The maximum atomic E-state index is 12.5. The van der Waals surface area contributed by atoms with Crippen LogP contribution in [0.3, 0.4) is 0 Å². The van der Waals surface area contributed by atoms with E-state index in [1.807, 2.05) is 32.2 Å².